The highest BCUT2D eigenvalue weighted by atomic mass is 16.5. The monoisotopic (exact) mass is 277 g/mol. The van der Waals surface area contributed by atoms with Gasteiger partial charge in [-0.15, -0.1) is 6.42 Å². The van der Waals surface area contributed by atoms with E-state index in [9.17, 15) is 4.79 Å². The van der Waals surface area contributed by atoms with Gasteiger partial charge in [-0.3, -0.25) is 4.79 Å². The van der Waals surface area contributed by atoms with E-state index in [-0.39, 0.29) is 11.9 Å². The molecule has 1 N–H and O–H groups in total. The molecule has 5 nitrogen and oxygen atoms in total. The number of terminal acetylenes is 1. The molecule has 1 amide bonds. The van der Waals surface area contributed by atoms with Crippen molar-refractivity contribution in [3.8, 4) is 29.6 Å². The molecule has 0 aliphatic carbocycles. The molecule has 0 spiro atoms. The molecule has 1 unspecified atom stereocenters. The molecule has 1 aromatic rings. The van der Waals surface area contributed by atoms with E-state index >= 15 is 0 Å². The van der Waals surface area contributed by atoms with Crippen molar-refractivity contribution in [1.29, 1.82) is 0 Å². The van der Waals surface area contributed by atoms with Gasteiger partial charge in [-0.1, -0.05) is 12.8 Å². The fourth-order valence-corrected chi connectivity index (χ4v) is 1.78. The molecular formula is C15H19NO4. The van der Waals surface area contributed by atoms with Gasteiger partial charge in [0.05, 0.1) is 32.9 Å². The minimum absolute atomic E-state index is 0.312. The van der Waals surface area contributed by atoms with Gasteiger partial charge >= 0.3 is 0 Å². The smallest absolute Gasteiger partial charge is 0.256 e. The third-order valence-corrected chi connectivity index (χ3v) is 2.86. The predicted molar refractivity (Wildman–Crippen MR) is 76.5 cm³/mol. The molecule has 0 aromatic heterocycles. The molecule has 0 bridgehead atoms. The summed E-state index contributed by atoms with van der Waals surface area (Å²) in [6.07, 6.45) is 5.99. The number of nitrogens with one attached hydrogen (secondary N) is 1. The first-order valence-electron chi connectivity index (χ1n) is 6.18. The van der Waals surface area contributed by atoms with Crippen LogP contribution in [0.25, 0.3) is 0 Å². The van der Waals surface area contributed by atoms with Crippen molar-refractivity contribution in [1.82, 2.24) is 5.32 Å². The van der Waals surface area contributed by atoms with E-state index in [4.69, 9.17) is 20.6 Å². The van der Waals surface area contributed by atoms with E-state index < -0.39 is 0 Å². The molecule has 0 saturated heterocycles. The van der Waals surface area contributed by atoms with E-state index in [0.29, 0.717) is 29.2 Å². The van der Waals surface area contributed by atoms with Crippen molar-refractivity contribution in [3.63, 3.8) is 0 Å². The number of methoxy groups -OCH3 is 3. The van der Waals surface area contributed by atoms with Crippen LogP contribution in [0.15, 0.2) is 12.1 Å². The standard InChI is InChI=1S/C15H19NO4/c1-6-10(7-2)16-15(17)11-8-9-12(18-3)14(20-5)13(11)19-4/h1,8-10H,7H2,2-5H3,(H,16,17). The lowest BCUT2D eigenvalue weighted by atomic mass is 10.1. The number of benzene rings is 1. The van der Waals surface area contributed by atoms with E-state index in [1.807, 2.05) is 6.92 Å². The van der Waals surface area contributed by atoms with Crippen LogP contribution < -0.4 is 19.5 Å². The van der Waals surface area contributed by atoms with Gasteiger partial charge in [0.1, 0.15) is 0 Å². The molecule has 0 aliphatic heterocycles. The number of ether oxygens (including phenoxy) is 3. The van der Waals surface area contributed by atoms with Gasteiger partial charge < -0.3 is 19.5 Å². The normalized spacial score (nSPS) is 11.2. The average molecular weight is 277 g/mol. The van der Waals surface area contributed by atoms with Crippen LogP contribution in [0.1, 0.15) is 23.7 Å². The lowest BCUT2D eigenvalue weighted by Gasteiger charge is -2.17. The van der Waals surface area contributed by atoms with Gasteiger partial charge in [0.15, 0.2) is 11.5 Å². The van der Waals surface area contributed by atoms with Gasteiger partial charge in [-0.05, 0) is 18.6 Å². The zero-order chi connectivity index (χ0) is 15.1. The minimum atomic E-state index is -0.319. The highest BCUT2D eigenvalue weighted by molar-refractivity contribution is 5.98. The molecular weight excluding hydrogens is 258 g/mol. The predicted octanol–water partition coefficient (Wildman–Crippen LogP) is 1.85. The molecule has 5 heteroatoms. The van der Waals surface area contributed by atoms with E-state index in [2.05, 4.69) is 11.2 Å². The molecule has 0 saturated carbocycles. The maximum absolute atomic E-state index is 12.2. The Hall–Kier alpha value is -2.35. The molecule has 0 aliphatic rings. The lowest BCUT2D eigenvalue weighted by molar-refractivity contribution is 0.0941. The zero-order valence-corrected chi connectivity index (χ0v) is 12.1. The van der Waals surface area contributed by atoms with Gasteiger partial charge in [0.25, 0.3) is 5.91 Å². The maximum atomic E-state index is 12.2. The third-order valence-electron chi connectivity index (χ3n) is 2.86. The molecule has 20 heavy (non-hydrogen) atoms. The van der Waals surface area contributed by atoms with Gasteiger partial charge in [0.2, 0.25) is 5.75 Å². The van der Waals surface area contributed by atoms with Gasteiger partial charge in [-0.2, -0.15) is 0 Å². The van der Waals surface area contributed by atoms with Crippen LogP contribution >= 0.6 is 0 Å². The first-order chi connectivity index (χ1) is 9.62. The van der Waals surface area contributed by atoms with Crippen LogP contribution in [0.2, 0.25) is 0 Å². The minimum Gasteiger partial charge on any atom is -0.493 e. The maximum Gasteiger partial charge on any atom is 0.256 e. The topological polar surface area (TPSA) is 56.8 Å². The SMILES string of the molecule is C#CC(CC)NC(=O)c1ccc(OC)c(OC)c1OC. The second kappa shape index (κ2) is 7.29. The summed E-state index contributed by atoms with van der Waals surface area (Å²) in [6.45, 7) is 1.90. The van der Waals surface area contributed by atoms with Crippen LogP contribution in [-0.4, -0.2) is 33.3 Å². The van der Waals surface area contributed by atoms with Crippen LogP contribution in [0.3, 0.4) is 0 Å². The van der Waals surface area contributed by atoms with Crippen molar-refractivity contribution in [3.05, 3.63) is 17.7 Å². The fourth-order valence-electron chi connectivity index (χ4n) is 1.78. The van der Waals surface area contributed by atoms with Crippen molar-refractivity contribution >= 4 is 5.91 Å². The highest BCUT2D eigenvalue weighted by Crippen LogP contribution is 2.39. The number of hydrogen-bond acceptors (Lipinski definition) is 4. The molecule has 0 fully saturated rings. The summed E-state index contributed by atoms with van der Waals surface area (Å²) >= 11 is 0. The largest absolute Gasteiger partial charge is 0.493 e. The Morgan fingerprint density at radius 3 is 2.35 bits per heavy atom. The van der Waals surface area contributed by atoms with E-state index in [1.54, 1.807) is 12.1 Å². The van der Waals surface area contributed by atoms with Gasteiger partial charge in [0, 0.05) is 0 Å². The molecule has 1 rings (SSSR count). The number of carbonyl (C=O) groups is 1. The average Bonchev–Trinajstić information content (AvgIpc) is 2.50. The third kappa shape index (κ3) is 3.15. The Balaban J connectivity index is 3.18. The zero-order valence-electron chi connectivity index (χ0n) is 12.1. The second-order valence-electron chi connectivity index (χ2n) is 3.98. The quantitative estimate of drug-likeness (QED) is 0.806. The Bertz CT molecular complexity index is 519. The number of carbonyl (C=O) groups excluding carboxylic acids is 1. The summed E-state index contributed by atoms with van der Waals surface area (Å²) in [5.41, 5.74) is 0.346. The number of rotatable bonds is 6. The summed E-state index contributed by atoms with van der Waals surface area (Å²) < 4.78 is 15.7. The molecule has 0 heterocycles. The Morgan fingerprint density at radius 2 is 1.90 bits per heavy atom. The molecule has 1 atom stereocenters. The molecule has 0 radical (unpaired) electrons. The summed E-state index contributed by atoms with van der Waals surface area (Å²) in [4.78, 5) is 12.2. The number of amides is 1. The van der Waals surface area contributed by atoms with Crippen LogP contribution in [0.5, 0.6) is 17.2 Å². The Labute approximate surface area is 119 Å². The number of hydrogen-bond donors (Lipinski definition) is 1. The van der Waals surface area contributed by atoms with Crippen molar-refractivity contribution in [2.24, 2.45) is 0 Å². The van der Waals surface area contributed by atoms with Crippen LogP contribution in [0, 0.1) is 12.3 Å². The lowest BCUT2D eigenvalue weighted by Crippen LogP contribution is -2.33. The van der Waals surface area contributed by atoms with Gasteiger partial charge in [-0.25, -0.2) is 0 Å². The summed E-state index contributed by atoms with van der Waals surface area (Å²) in [7, 11) is 4.47. The molecule has 108 valence electrons. The first-order valence-corrected chi connectivity index (χ1v) is 6.18. The van der Waals surface area contributed by atoms with Crippen LogP contribution in [0.4, 0.5) is 0 Å². The second-order valence-corrected chi connectivity index (χ2v) is 3.98. The summed E-state index contributed by atoms with van der Waals surface area (Å²) in [6, 6.07) is 2.94. The fraction of sp³-hybridized carbons (Fsp3) is 0.400. The Kier molecular flexibility index (Phi) is 5.73. The first kappa shape index (κ1) is 15.7. The summed E-state index contributed by atoms with van der Waals surface area (Å²) in [5, 5.41) is 2.74. The van der Waals surface area contributed by atoms with E-state index in [0.717, 1.165) is 0 Å². The highest BCUT2D eigenvalue weighted by Gasteiger charge is 2.21. The summed E-state index contributed by atoms with van der Waals surface area (Å²) in [5.74, 6) is 3.38. The van der Waals surface area contributed by atoms with Crippen molar-refractivity contribution < 1.29 is 19.0 Å². The van der Waals surface area contributed by atoms with Crippen molar-refractivity contribution in [2.45, 2.75) is 19.4 Å². The Morgan fingerprint density at radius 1 is 1.25 bits per heavy atom. The molecule has 1 aromatic carbocycles. The van der Waals surface area contributed by atoms with Crippen molar-refractivity contribution in [2.75, 3.05) is 21.3 Å². The van der Waals surface area contributed by atoms with E-state index in [1.165, 1.54) is 21.3 Å². The van der Waals surface area contributed by atoms with Crippen LogP contribution in [-0.2, 0) is 0 Å².